The number of carbonyl (C=O) groups excluding carboxylic acids is 1. The number of hydrogen-bond donors (Lipinski definition) is 0. The van der Waals surface area contributed by atoms with Gasteiger partial charge in [-0.15, -0.1) is 0 Å². The topological polar surface area (TPSA) is 63.5 Å². The van der Waals surface area contributed by atoms with Gasteiger partial charge < -0.3 is 23.9 Å². The van der Waals surface area contributed by atoms with Gasteiger partial charge in [0.1, 0.15) is 17.6 Å². The van der Waals surface area contributed by atoms with E-state index in [9.17, 15) is 9.90 Å². The largest absolute Gasteiger partial charge is 1.00 e. The van der Waals surface area contributed by atoms with Gasteiger partial charge in [-0.2, -0.15) is 0 Å². The zero-order chi connectivity index (χ0) is 26.7. The number of hydrogen-bond acceptors (Lipinski definition) is 4. The summed E-state index contributed by atoms with van der Waals surface area (Å²) in [5, 5.41) is 11.7. The van der Waals surface area contributed by atoms with Crippen molar-refractivity contribution < 1.29 is 48.9 Å². The molecular formula is C33H36NNaO4. The quantitative estimate of drug-likeness (QED) is 0.184. The SMILES string of the molecule is CCCCCCCOc1ccc(-n2c(C)ccc2-c2ccc(O[C@H](Cc3ccccc3)C(=O)[O-])cc2)cc1.[Na+]. The summed E-state index contributed by atoms with van der Waals surface area (Å²) < 4.78 is 13.9. The number of aromatic nitrogens is 1. The van der Waals surface area contributed by atoms with Crippen molar-refractivity contribution >= 4 is 5.97 Å². The number of aliphatic carboxylic acids is 1. The second-order valence-electron chi connectivity index (χ2n) is 9.59. The van der Waals surface area contributed by atoms with Crippen molar-refractivity contribution in [1.82, 2.24) is 4.57 Å². The molecule has 0 aliphatic carbocycles. The number of carbonyl (C=O) groups is 1. The number of aryl methyl sites for hydroxylation is 1. The van der Waals surface area contributed by atoms with Crippen LogP contribution in [0.3, 0.4) is 0 Å². The molecule has 4 rings (SSSR count). The molecule has 0 unspecified atom stereocenters. The fourth-order valence-electron chi connectivity index (χ4n) is 4.56. The molecule has 0 radical (unpaired) electrons. The van der Waals surface area contributed by atoms with E-state index in [0.29, 0.717) is 5.75 Å². The molecule has 0 fully saturated rings. The smallest absolute Gasteiger partial charge is 0.546 e. The summed E-state index contributed by atoms with van der Waals surface area (Å²) in [5.74, 6) is 0.145. The minimum absolute atomic E-state index is 0. The van der Waals surface area contributed by atoms with E-state index in [1.54, 1.807) is 12.1 Å². The zero-order valence-electron chi connectivity index (χ0n) is 23.3. The summed E-state index contributed by atoms with van der Waals surface area (Å²) in [5.41, 5.74) is 5.10. The predicted octanol–water partition coefficient (Wildman–Crippen LogP) is 3.55. The molecule has 0 bridgehead atoms. The van der Waals surface area contributed by atoms with Gasteiger partial charge in [0.05, 0.1) is 18.3 Å². The van der Waals surface area contributed by atoms with E-state index < -0.39 is 12.1 Å². The molecule has 1 aromatic heterocycles. The third kappa shape index (κ3) is 8.76. The molecule has 0 aliphatic heterocycles. The third-order valence-electron chi connectivity index (χ3n) is 6.64. The Morgan fingerprint density at radius 2 is 1.49 bits per heavy atom. The molecule has 0 saturated carbocycles. The van der Waals surface area contributed by atoms with E-state index in [4.69, 9.17) is 9.47 Å². The second kappa shape index (κ2) is 15.6. The Morgan fingerprint density at radius 1 is 0.821 bits per heavy atom. The summed E-state index contributed by atoms with van der Waals surface area (Å²) in [7, 11) is 0. The number of rotatable bonds is 14. The van der Waals surface area contributed by atoms with Gasteiger partial charge in [0.15, 0.2) is 0 Å². The van der Waals surface area contributed by atoms with Gasteiger partial charge in [-0.25, -0.2) is 0 Å². The fourth-order valence-corrected chi connectivity index (χ4v) is 4.56. The molecule has 6 heteroatoms. The van der Waals surface area contributed by atoms with E-state index in [0.717, 1.165) is 47.0 Å². The average Bonchev–Trinajstić information content (AvgIpc) is 3.32. The Labute approximate surface area is 254 Å². The van der Waals surface area contributed by atoms with Gasteiger partial charge in [-0.3, -0.25) is 0 Å². The number of carboxylic acids is 1. The van der Waals surface area contributed by atoms with Crippen LogP contribution in [0.5, 0.6) is 11.5 Å². The number of unbranched alkanes of at least 4 members (excludes halogenated alkanes) is 4. The summed E-state index contributed by atoms with van der Waals surface area (Å²) in [6, 6.07) is 29.3. The summed E-state index contributed by atoms with van der Waals surface area (Å²) in [6.45, 7) is 5.05. The van der Waals surface area contributed by atoms with Gasteiger partial charge in [0, 0.05) is 17.8 Å². The molecule has 1 heterocycles. The van der Waals surface area contributed by atoms with Crippen LogP contribution < -0.4 is 44.1 Å². The minimum Gasteiger partial charge on any atom is -0.546 e. The zero-order valence-corrected chi connectivity index (χ0v) is 25.3. The first kappa shape index (κ1) is 30.6. The Bertz CT molecular complexity index is 1280. The standard InChI is InChI=1S/C33H37NO4.Na/c1-3-4-5-6-10-23-37-29-20-16-28(17-21-29)34-25(2)13-22-31(34)27-14-18-30(19-15-27)38-32(33(35)36)24-26-11-8-7-9-12-26;/h7-9,11-22,32H,3-6,10,23-24H2,1-2H3,(H,35,36);/q;+1/p-1/t32-;/m1./s1. The molecule has 198 valence electrons. The summed E-state index contributed by atoms with van der Waals surface area (Å²) in [6.07, 6.45) is 5.28. The number of carboxylic acid groups (broad SMARTS) is 1. The van der Waals surface area contributed by atoms with E-state index in [1.165, 1.54) is 25.7 Å². The second-order valence-corrected chi connectivity index (χ2v) is 9.59. The first-order chi connectivity index (χ1) is 18.5. The summed E-state index contributed by atoms with van der Waals surface area (Å²) >= 11 is 0. The predicted molar refractivity (Wildman–Crippen MR) is 150 cm³/mol. The number of ether oxygens (including phenoxy) is 2. The van der Waals surface area contributed by atoms with E-state index >= 15 is 0 Å². The van der Waals surface area contributed by atoms with Crippen LogP contribution >= 0.6 is 0 Å². The van der Waals surface area contributed by atoms with Gasteiger partial charge >= 0.3 is 29.6 Å². The van der Waals surface area contributed by atoms with Crippen LogP contribution in [0.15, 0.2) is 91.0 Å². The minimum atomic E-state index is -1.23. The maximum atomic E-state index is 11.7. The first-order valence-electron chi connectivity index (χ1n) is 13.5. The van der Waals surface area contributed by atoms with E-state index in [2.05, 4.69) is 42.7 Å². The van der Waals surface area contributed by atoms with Crippen molar-refractivity contribution in [1.29, 1.82) is 0 Å². The normalized spacial score (nSPS) is 11.4. The van der Waals surface area contributed by atoms with Crippen LogP contribution in [0.1, 0.15) is 50.3 Å². The number of nitrogens with zero attached hydrogens (tertiary/aromatic N) is 1. The van der Waals surface area contributed by atoms with Gasteiger partial charge in [-0.05, 0) is 85.1 Å². The van der Waals surface area contributed by atoms with Crippen LogP contribution in [-0.4, -0.2) is 23.2 Å². The van der Waals surface area contributed by atoms with Crippen molar-refractivity contribution in [2.24, 2.45) is 0 Å². The van der Waals surface area contributed by atoms with Crippen LogP contribution in [0, 0.1) is 6.92 Å². The molecule has 5 nitrogen and oxygen atoms in total. The van der Waals surface area contributed by atoms with E-state index in [1.807, 2.05) is 54.6 Å². The molecule has 0 saturated heterocycles. The maximum Gasteiger partial charge on any atom is 1.00 e. The van der Waals surface area contributed by atoms with Crippen LogP contribution in [-0.2, 0) is 11.2 Å². The van der Waals surface area contributed by atoms with E-state index in [-0.39, 0.29) is 36.0 Å². The van der Waals surface area contributed by atoms with Crippen LogP contribution in [0.25, 0.3) is 16.9 Å². The van der Waals surface area contributed by atoms with Crippen LogP contribution in [0.4, 0.5) is 0 Å². The monoisotopic (exact) mass is 533 g/mol. The fraction of sp³-hybridized carbons (Fsp3) is 0.303. The van der Waals surface area contributed by atoms with Crippen molar-refractivity contribution in [3.8, 4) is 28.4 Å². The molecular weight excluding hydrogens is 497 g/mol. The van der Waals surface area contributed by atoms with Crippen molar-refractivity contribution in [2.75, 3.05) is 6.61 Å². The molecule has 0 spiro atoms. The Hall–Kier alpha value is -2.99. The van der Waals surface area contributed by atoms with Crippen molar-refractivity contribution in [3.05, 3.63) is 102 Å². The molecule has 1 atom stereocenters. The molecule has 3 aromatic carbocycles. The number of benzene rings is 3. The Morgan fingerprint density at radius 3 is 2.15 bits per heavy atom. The van der Waals surface area contributed by atoms with Crippen molar-refractivity contribution in [2.45, 2.75) is 58.5 Å². The molecule has 0 amide bonds. The summed E-state index contributed by atoms with van der Waals surface area (Å²) in [4.78, 5) is 11.7. The van der Waals surface area contributed by atoms with Gasteiger partial charge in [0.2, 0.25) is 0 Å². The van der Waals surface area contributed by atoms with Crippen molar-refractivity contribution in [3.63, 3.8) is 0 Å². The van der Waals surface area contributed by atoms with Gasteiger partial charge in [0.25, 0.3) is 0 Å². The van der Waals surface area contributed by atoms with Gasteiger partial charge in [-0.1, -0.05) is 62.9 Å². The average molecular weight is 534 g/mol. The Balaban J connectivity index is 0.00000420. The van der Waals surface area contributed by atoms with Crippen LogP contribution in [0.2, 0.25) is 0 Å². The molecule has 39 heavy (non-hydrogen) atoms. The first-order valence-corrected chi connectivity index (χ1v) is 13.5. The third-order valence-corrected chi connectivity index (χ3v) is 6.64. The molecule has 0 N–H and O–H groups in total. The molecule has 0 aliphatic rings. The molecule has 4 aromatic rings. The maximum absolute atomic E-state index is 11.7. The Kier molecular flexibility index (Phi) is 12.2.